The zero-order valence-corrected chi connectivity index (χ0v) is 12.7. The number of aliphatic hydroxyl groups excluding tert-OH is 1. The first-order valence-corrected chi connectivity index (χ1v) is 7.61. The third-order valence-electron chi connectivity index (χ3n) is 4.40. The lowest BCUT2D eigenvalue weighted by Gasteiger charge is -2.42. The maximum absolute atomic E-state index is 10.6. The highest BCUT2D eigenvalue weighted by Gasteiger charge is 2.40. The number of benzene rings is 1. The van der Waals surface area contributed by atoms with Crippen molar-refractivity contribution in [1.82, 2.24) is 0 Å². The molecule has 0 saturated heterocycles. The summed E-state index contributed by atoms with van der Waals surface area (Å²) in [7, 11) is 1.74. The summed E-state index contributed by atoms with van der Waals surface area (Å²) in [6.07, 6.45) is 4.31. The molecule has 1 aliphatic heterocycles. The van der Waals surface area contributed by atoms with Gasteiger partial charge >= 0.3 is 0 Å². The van der Waals surface area contributed by atoms with Gasteiger partial charge in [0.1, 0.15) is 5.75 Å². The molecular formula is C15H19BrO3. The molecule has 1 heterocycles. The molecule has 3 nitrogen and oxygen atoms in total. The van der Waals surface area contributed by atoms with Crippen LogP contribution in [0.15, 0.2) is 16.6 Å². The topological polar surface area (TPSA) is 38.7 Å². The van der Waals surface area contributed by atoms with Gasteiger partial charge in [-0.2, -0.15) is 0 Å². The molecule has 19 heavy (non-hydrogen) atoms. The van der Waals surface area contributed by atoms with Crippen LogP contribution in [0.5, 0.6) is 5.75 Å². The lowest BCUT2D eigenvalue weighted by molar-refractivity contribution is -0.100. The number of hydrogen-bond donors (Lipinski definition) is 1. The Hall–Kier alpha value is -0.580. The zero-order chi connectivity index (χ0) is 13.5. The van der Waals surface area contributed by atoms with Gasteiger partial charge in [0.25, 0.3) is 0 Å². The summed E-state index contributed by atoms with van der Waals surface area (Å²) in [5.74, 6) is 0.876. The highest BCUT2D eigenvalue weighted by molar-refractivity contribution is 9.10. The normalized spacial score (nSPS) is 21.4. The highest BCUT2D eigenvalue weighted by Crippen LogP contribution is 2.45. The third kappa shape index (κ3) is 2.41. The van der Waals surface area contributed by atoms with Gasteiger partial charge in [0.2, 0.25) is 0 Å². The van der Waals surface area contributed by atoms with Crippen LogP contribution in [0, 0.1) is 0 Å². The van der Waals surface area contributed by atoms with E-state index in [1.54, 1.807) is 7.11 Å². The van der Waals surface area contributed by atoms with Crippen molar-refractivity contribution in [2.45, 2.75) is 43.8 Å². The third-order valence-corrected chi connectivity index (χ3v) is 4.86. The van der Waals surface area contributed by atoms with Crippen LogP contribution in [0.25, 0.3) is 0 Å². The van der Waals surface area contributed by atoms with E-state index in [9.17, 15) is 5.11 Å². The van der Waals surface area contributed by atoms with E-state index < -0.39 is 6.10 Å². The van der Waals surface area contributed by atoms with Crippen LogP contribution in [-0.2, 0) is 11.2 Å². The quantitative estimate of drug-likeness (QED) is 0.921. The number of fused-ring (bicyclic) bond motifs is 1. The van der Waals surface area contributed by atoms with Gasteiger partial charge in [0.15, 0.2) is 0 Å². The fourth-order valence-corrected chi connectivity index (χ4v) is 3.59. The van der Waals surface area contributed by atoms with Crippen molar-refractivity contribution in [3.8, 4) is 5.75 Å². The molecule has 1 saturated carbocycles. The van der Waals surface area contributed by atoms with Gasteiger partial charge in [-0.1, -0.05) is 15.9 Å². The number of ether oxygens (including phenoxy) is 2. The first-order valence-electron chi connectivity index (χ1n) is 6.82. The predicted octanol–water partition coefficient (Wildman–Crippen LogP) is 3.38. The van der Waals surface area contributed by atoms with E-state index in [1.165, 1.54) is 12.0 Å². The van der Waals surface area contributed by atoms with Crippen LogP contribution in [0.3, 0.4) is 0 Å². The molecule has 1 aliphatic carbocycles. The minimum Gasteiger partial charge on any atom is -0.493 e. The van der Waals surface area contributed by atoms with E-state index in [-0.39, 0.29) is 5.60 Å². The van der Waals surface area contributed by atoms with Crippen molar-refractivity contribution in [2.24, 2.45) is 0 Å². The summed E-state index contributed by atoms with van der Waals surface area (Å²) in [5.41, 5.74) is 1.95. The average molecular weight is 327 g/mol. The van der Waals surface area contributed by atoms with E-state index >= 15 is 0 Å². The first-order chi connectivity index (χ1) is 9.13. The smallest absolute Gasteiger partial charge is 0.128 e. The minimum absolute atomic E-state index is 0.132. The molecule has 1 fully saturated rings. The van der Waals surface area contributed by atoms with Crippen LogP contribution < -0.4 is 4.74 Å². The fraction of sp³-hybridized carbons (Fsp3) is 0.600. The van der Waals surface area contributed by atoms with E-state index in [1.807, 2.05) is 6.07 Å². The Morgan fingerprint density at radius 1 is 1.47 bits per heavy atom. The molecule has 1 unspecified atom stereocenters. The maximum Gasteiger partial charge on any atom is 0.128 e. The van der Waals surface area contributed by atoms with Crippen LogP contribution >= 0.6 is 15.9 Å². The second-order valence-corrected chi connectivity index (χ2v) is 6.46. The van der Waals surface area contributed by atoms with Gasteiger partial charge in [-0.05, 0) is 37.0 Å². The Morgan fingerprint density at radius 3 is 2.89 bits per heavy atom. The van der Waals surface area contributed by atoms with Crippen molar-refractivity contribution >= 4 is 15.9 Å². The molecule has 2 aliphatic rings. The molecule has 0 spiro atoms. The Labute approximate surface area is 122 Å². The minimum atomic E-state index is -0.524. The summed E-state index contributed by atoms with van der Waals surface area (Å²) in [4.78, 5) is 0. The van der Waals surface area contributed by atoms with Crippen molar-refractivity contribution < 1.29 is 14.6 Å². The average Bonchev–Trinajstić information content (AvgIpc) is 2.80. The van der Waals surface area contributed by atoms with Crippen molar-refractivity contribution in [2.75, 3.05) is 13.7 Å². The van der Waals surface area contributed by atoms with Crippen LogP contribution in [0.4, 0.5) is 0 Å². The molecular weight excluding hydrogens is 308 g/mol. The molecule has 1 aromatic carbocycles. The molecule has 3 rings (SSSR count). The van der Waals surface area contributed by atoms with Crippen LogP contribution in [0.2, 0.25) is 0 Å². The van der Waals surface area contributed by atoms with Gasteiger partial charge in [0.05, 0.1) is 18.3 Å². The standard InChI is InChI=1S/C15H19BrO3/c1-18-15(4-2-5-15)9-13(17)12-8-11(16)7-10-3-6-19-14(10)12/h7-8,13,17H,2-6,9H2,1H3. The predicted molar refractivity (Wildman–Crippen MR) is 76.5 cm³/mol. The Morgan fingerprint density at radius 2 is 2.26 bits per heavy atom. The summed E-state index contributed by atoms with van der Waals surface area (Å²) in [6, 6.07) is 4.05. The second-order valence-electron chi connectivity index (χ2n) is 5.54. The number of methoxy groups -OCH3 is 1. The van der Waals surface area contributed by atoms with Gasteiger partial charge in [0, 0.05) is 30.0 Å². The Kier molecular flexibility index (Phi) is 3.58. The Balaban J connectivity index is 1.85. The molecule has 1 N–H and O–H groups in total. The van der Waals surface area contributed by atoms with E-state index in [2.05, 4.69) is 22.0 Å². The molecule has 0 bridgehead atoms. The van der Waals surface area contributed by atoms with Crippen LogP contribution in [0.1, 0.15) is 42.9 Å². The Bertz CT molecular complexity index is 477. The van der Waals surface area contributed by atoms with Gasteiger partial charge in [-0.25, -0.2) is 0 Å². The molecule has 0 aromatic heterocycles. The highest BCUT2D eigenvalue weighted by atomic mass is 79.9. The number of aliphatic hydroxyl groups is 1. The molecule has 104 valence electrons. The molecule has 4 heteroatoms. The van der Waals surface area contributed by atoms with Gasteiger partial charge in [-0.3, -0.25) is 0 Å². The lowest BCUT2D eigenvalue weighted by Crippen LogP contribution is -2.40. The maximum atomic E-state index is 10.6. The second kappa shape index (κ2) is 5.08. The van der Waals surface area contributed by atoms with E-state index in [4.69, 9.17) is 9.47 Å². The van der Waals surface area contributed by atoms with Crippen molar-refractivity contribution in [3.05, 3.63) is 27.7 Å². The number of halogens is 1. The number of hydrogen-bond acceptors (Lipinski definition) is 3. The largest absolute Gasteiger partial charge is 0.493 e. The van der Waals surface area contributed by atoms with Crippen molar-refractivity contribution in [3.63, 3.8) is 0 Å². The zero-order valence-electron chi connectivity index (χ0n) is 11.1. The summed E-state index contributed by atoms with van der Waals surface area (Å²) in [6.45, 7) is 0.709. The van der Waals surface area contributed by atoms with Gasteiger partial charge in [-0.15, -0.1) is 0 Å². The first kappa shape index (κ1) is 13.4. The fourth-order valence-electron chi connectivity index (χ4n) is 3.07. The molecule has 0 radical (unpaired) electrons. The van der Waals surface area contributed by atoms with E-state index in [0.717, 1.165) is 35.0 Å². The van der Waals surface area contributed by atoms with Crippen LogP contribution in [-0.4, -0.2) is 24.4 Å². The van der Waals surface area contributed by atoms with Crippen molar-refractivity contribution in [1.29, 1.82) is 0 Å². The monoisotopic (exact) mass is 326 g/mol. The summed E-state index contributed by atoms with van der Waals surface area (Å²) < 4.78 is 12.3. The summed E-state index contributed by atoms with van der Waals surface area (Å²) >= 11 is 3.51. The molecule has 1 atom stereocenters. The SMILES string of the molecule is COC1(CC(O)c2cc(Br)cc3c2OCC3)CCC1. The molecule has 0 amide bonds. The lowest BCUT2D eigenvalue weighted by atomic mass is 9.75. The molecule has 1 aromatic rings. The number of rotatable bonds is 4. The van der Waals surface area contributed by atoms with E-state index in [0.29, 0.717) is 13.0 Å². The summed E-state index contributed by atoms with van der Waals surface area (Å²) in [5, 5.41) is 10.6. The van der Waals surface area contributed by atoms with Gasteiger partial charge < -0.3 is 14.6 Å².